The van der Waals surface area contributed by atoms with Crippen LogP contribution >= 0.6 is 0 Å². The van der Waals surface area contributed by atoms with Crippen LogP contribution in [0.5, 0.6) is 0 Å². The number of aliphatic imine (C=N–C) groups is 1. The molecule has 6 nitrogen and oxygen atoms in total. The van der Waals surface area contributed by atoms with Gasteiger partial charge in [0, 0.05) is 51.3 Å². The predicted octanol–water partition coefficient (Wildman–Crippen LogP) is 2.10. The summed E-state index contributed by atoms with van der Waals surface area (Å²) in [6, 6.07) is 0.924. The SMILES string of the molecule is CN=C(NCC(C1CCOC1)N1CCOCC1)NC(C)CCCC(C)C. The van der Waals surface area contributed by atoms with Crippen LogP contribution < -0.4 is 10.6 Å². The Morgan fingerprint density at radius 1 is 1.12 bits per heavy atom. The van der Waals surface area contributed by atoms with Crippen LogP contribution in [0.15, 0.2) is 4.99 Å². The molecule has 3 atom stereocenters. The lowest BCUT2D eigenvalue weighted by atomic mass is 9.97. The zero-order valence-electron chi connectivity index (χ0n) is 17.3. The first kappa shape index (κ1) is 21.5. The van der Waals surface area contributed by atoms with Crippen molar-refractivity contribution >= 4 is 5.96 Å². The van der Waals surface area contributed by atoms with Gasteiger partial charge in [-0.2, -0.15) is 0 Å². The molecule has 0 radical (unpaired) electrons. The van der Waals surface area contributed by atoms with Crippen molar-refractivity contribution in [1.82, 2.24) is 15.5 Å². The summed E-state index contributed by atoms with van der Waals surface area (Å²) in [5.41, 5.74) is 0. The normalized spacial score (nSPS) is 24.7. The maximum absolute atomic E-state index is 5.66. The van der Waals surface area contributed by atoms with E-state index in [1.165, 1.54) is 19.3 Å². The lowest BCUT2D eigenvalue weighted by Gasteiger charge is -2.37. The third kappa shape index (κ3) is 7.41. The van der Waals surface area contributed by atoms with Crippen molar-refractivity contribution in [2.24, 2.45) is 16.8 Å². The van der Waals surface area contributed by atoms with Gasteiger partial charge < -0.3 is 20.1 Å². The van der Waals surface area contributed by atoms with Crippen LogP contribution in [-0.4, -0.2) is 76.1 Å². The molecule has 2 aliphatic heterocycles. The number of morpholine rings is 1. The summed E-state index contributed by atoms with van der Waals surface area (Å²) >= 11 is 0. The molecule has 2 saturated heterocycles. The van der Waals surface area contributed by atoms with Crippen LogP contribution in [0.3, 0.4) is 0 Å². The Bertz CT molecular complexity index is 405. The van der Waals surface area contributed by atoms with Gasteiger partial charge in [-0.1, -0.05) is 26.7 Å². The smallest absolute Gasteiger partial charge is 0.191 e. The van der Waals surface area contributed by atoms with E-state index < -0.39 is 0 Å². The van der Waals surface area contributed by atoms with Crippen molar-refractivity contribution in [3.8, 4) is 0 Å². The summed E-state index contributed by atoms with van der Waals surface area (Å²) < 4.78 is 11.2. The van der Waals surface area contributed by atoms with Crippen molar-refractivity contribution in [3.63, 3.8) is 0 Å². The molecule has 0 bridgehead atoms. The Balaban J connectivity index is 1.80. The standard InChI is InChI=1S/C20H40N4O2/c1-16(2)6-5-7-17(3)23-20(21-4)22-14-19(18-8-11-26-15-18)24-9-12-25-13-10-24/h16-19H,5-15H2,1-4H3,(H2,21,22,23). The molecule has 0 aliphatic carbocycles. The number of nitrogens with zero attached hydrogens (tertiary/aromatic N) is 2. The lowest BCUT2D eigenvalue weighted by molar-refractivity contribution is 0.00246. The predicted molar refractivity (Wildman–Crippen MR) is 108 cm³/mol. The molecule has 26 heavy (non-hydrogen) atoms. The minimum Gasteiger partial charge on any atom is -0.381 e. The lowest BCUT2D eigenvalue weighted by Crippen LogP contribution is -2.54. The van der Waals surface area contributed by atoms with Gasteiger partial charge in [-0.05, 0) is 25.7 Å². The Morgan fingerprint density at radius 2 is 1.88 bits per heavy atom. The molecule has 3 unspecified atom stereocenters. The summed E-state index contributed by atoms with van der Waals surface area (Å²) in [7, 11) is 1.86. The molecule has 6 heteroatoms. The van der Waals surface area contributed by atoms with Crippen LogP contribution in [0.4, 0.5) is 0 Å². The van der Waals surface area contributed by atoms with Gasteiger partial charge in [-0.15, -0.1) is 0 Å². The highest BCUT2D eigenvalue weighted by Crippen LogP contribution is 2.21. The molecular weight excluding hydrogens is 328 g/mol. The van der Waals surface area contributed by atoms with Gasteiger partial charge in [-0.25, -0.2) is 0 Å². The quantitative estimate of drug-likeness (QED) is 0.482. The number of nitrogens with one attached hydrogen (secondary N) is 2. The number of rotatable bonds is 9. The fraction of sp³-hybridized carbons (Fsp3) is 0.950. The average Bonchev–Trinajstić information content (AvgIpc) is 3.16. The molecular formula is C20H40N4O2. The van der Waals surface area contributed by atoms with Crippen molar-refractivity contribution in [1.29, 1.82) is 0 Å². The Hall–Kier alpha value is -0.850. The second-order valence-electron chi connectivity index (χ2n) is 8.16. The summed E-state index contributed by atoms with van der Waals surface area (Å²) in [5, 5.41) is 7.13. The van der Waals surface area contributed by atoms with E-state index >= 15 is 0 Å². The summed E-state index contributed by atoms with van der Waals surface area (Å²) in [6.45, 7) is 13.2. The van der Waals surface area contributed by atoms with E-state index in [4.69, 9.17) is 9.47 Å². The average molecular weight is 369 g/mol. The van der Waals surface area contributed by atoms with Gasteiger partial charge in [0.05, 0.1) is 19.8 Å². The molecule has 0 aromatic heterocycles. The minimum atomic E-state index is 0.441. The third-order valence-electron chi connectivity index (χ3n) is 5.53. The second kappa shape index (κ2) is 11.8. The fourth-order valence-electron chi connectivity index (χ4n) is 3.89. The topological polar surface area (TPSA) is 58.1 Å². The molecule has 2 rings (SSSR count). The van der Waals surface area contributed by atoms with Crippen molar-refractivity contribution in [2.45, 2.75) is 58.5 Å². The molecule has 0 aromatic rings. The Labute approximate surface area is 160 Å². The first-order chi connectivity index (χ1) is 12.6. The highest BCUT2D eigenvalue weighted by molar-refractivity contribution is 5.79. The first-order valence-electron chi connectivity index (χ1n) is 10.5. The molecule has 2 heterocycles. The molecule has 0 saturated carbocycles. The zero-order chi connectivity index (χ0) is 18.8. The first-order valence-corrected chi connectivity index (χ1v) is 10.5. The fourth-order valence-corrected chi connectivity index (χ4v) is 3.89. The van der Waals surface area contributed by atoms with E-state index in [0.717, 1.165) is 64.4 Å². The van der Waals surface area contributed by atoms with E-state index in [-0.39, 0.29) is 0 Å². The number of ether oxygens (including phenoxy) is 2. The van der Waals surface area contributed by atoms with Gasteiger partial charge in [0.1, 0.15) is 0 Å². The van der Waals surface area contributed by atoms with Crippen molar-refractivity contribution < 1.29 is 9.47 Å². The Morgan fingerprint density at radius 3 is 2.50 bits per heavy atom. The van der Waals surface area contributed by atoms with Crippen LogP contribution in [-0.2, 0) is 9.47 Å². The van der Waals surface area contributed by atoms with Gasteiger partial charge in [0.15, 0.2) is 5.96 Å². The minimum absolute atomic E-state index is 0.441. The van der Waals surface area contributed by atoms with Crippen molar-refractivity contribution in [3.05, 3.63) is 0 Å². The molecule has 0 amide bonds. The monoisotopic (exact) mass is 368 g/mol. The molecule has 152 valence electrons. The molecule has 2 N–H and O–H groups in total. The van der Waals surface area contributed by atoms with Crippen LogP contribution in [0, 0.1) is 11.8 Å². The van der Waals surface area contributed by atoms with E-state index in [9.17, 15) is 0 Å². The van der Waals surface area contributed by atoms with Gasteiger partial charge in [0.25, 0.3) is 0 Å². The van der Waals surface area contributed by atoms with Crippen LogP contribution in [0.25, 0.3) is 0 Å². The van der Waals surface area contributed by atoms with E-state index in [1.807, 2.05) is 7.05 Å². The largest absolute Gasteiger partial charge is 0.381 e. The number of guanidine groups is 1. The summed E-state index contributed by atoms with van der Waals surface area (Å²) in [5.74, 6) is 2.30. The van der Waals surface area contributed by atoms with E-state index in [1.54, 1.807) is 0 Å². The van der Waals surface area contributed by atoms with E-state index in [0.29, 0.717) is 18.0 Å². The molecule has 2 fully saturated rings. The molecule has 0 aromatic carbocycles. The van der Waals surface area contributed by atoms with Crippen LogP contribution in [0.2, 0.25) is 0 Å². The molecule has 0 spiro atoms. The summed E-state index contributed by atoms with van der Waals surface area (Å²) in [4.78, 5) is 7.00. The maximum Gasteiger partial charge on any atom is 0.191 e. The Kier molecular flexibility index (Phi) is 9.72. The van der Waals surface area contributed by atoms with E-state index in [2.05, 4.69) is 41.3 Å². The highest BCUT2D eigenvalue weighted by Gasteiger charge is 2.31. The van der Waals surface area contributed by atoms with Gasteiger partial charge in [0.2, 0.25) is 0 Å². The maximum atomic E-state index is 5.66. The van der Waals surface area contributed by atoms with Crippen molar-refractivity contribution in [2.75, 3.05) is 53.1 Å². The highest BCUT2D eigenvalue weighted by atomic mass is 16.5. The summed E-state index contributed by atoms with van der Waals surface area (Å²) in [6.07, 6.45) is 4.89. The number of hydrogen-bond acceptors (Lipinski definition) is 4. The molecule has 2 aliphatic rings. The zero-order valence-corrected chi connectivity index (χ0v) is 17.3. The van der Waals surface area contributed by atoms with Gasteiger partial charge >= 0.3 is 0 Å². The third-order valence-corrected chi connectivity index (χ3v) is 5.53. The number of hydrogen-bond donors (Lipinski definition) is 2. The van der Waals surface area contributed by atoms with Gasteiger partial charge in [-0.3, -0.25) is 9.89 Å². The van der Waals surface area contributed by atoms with Crippen LogP contribution in [0.1, 0.15) is 46.5 Å². The second-order valence-corrected chi connectivity index (χ2v) is 8.16.